The van der Waals surface area contributed by atoms with Crippen molar-refractivity contribution in [1.29, 1.82) is 0 Å². The van der Waals surface area contributed by atoms with Gasteiger partial charge in [0.25, 0.3) is 0 Å². The van der Waals surface area contributed by atoms with Crippen LogP contribution < -0.4 is 5.73 Å². The lowest BCUT2D eigenvalue weighted by Gasteiger charge is -2.16. The highest BCUT2D eigenvalue weighted by Crippen LogP contribution is 2.33. The summed E-state index contributed by atoms with van der Waals surface area (Å²) >= 11 is 7.71. The van der Waals surface area contributed by atoms with Crippen LogP contribution in [0.15, 0.2) is 60.0 Å². The highest BCUT2D eigenvalue weighted by Gasteiger charge is 2.32. The number of rotatable bonds is 6. The van der Waals surface area contributed by atoms with Crippen LogP contribution in [0.4, 0.5) is 0 Å². The Morgan fingerprint density at radius 1 is 1.03 bits per heavy atom. The predicted molar refractivity (Wildman–Crippen MR) is 128 cm³/mol. The van der Waals surface area contributed by atoms with Crippen LogP contribution in [0, 0.1) is 5.92 Å². The van der Waals surface area contributed by atoms with Gasteiger partial charge < -0.3 is 5.73 Å². The van der Waals surface area contributed by atoms with E-state index in [2.05, 4.69) is 52.7 Å². The standard InChI is InChI=1S/C22H24ClN3S.2ClH/c23-19-8-6-16(7-9-19)10-22-25-20(15-27-22)13-26-12-18(11-24)21(14-26)17-4-2-1-3-5-17;;/h1-9,15,18,21H,10-14,24H2;2*1H/t18-,21+;;/m1../s1. The first-order chi connectivity index (χ1) is 13.2. The summed E-state index contributed by atoms with van der Waals surface area (Å²) in [6, 6.07) is 18.8. The summed E-state index contributed by atoms with van der Waals surface area (Å²) in [5, 5.41) is 4.12. The molecule has 0 bridgehead atoms. The maximum atomic E-state index is 6.07. The summed E-state index contributed by atoms with van der Waals surface area (Å²) in [7, 11) is 0. The van der Waals surface area contributed by atoms with E-state index in [1.54, 1.807) is 11.3 Å². The molecule has 1 aliphatic rings. The van der Waals surface area contributed by atoms with Crippen LogP contribution in [-0.2, 0) is 13.0 Å². The molecule has 156 valence electrons. The van der Waals surface area contributed by atoms with Gasteiger partial charge in [0, 0.05) is 42.4 Å². The van der Waals surface area contributed by atoms with Crippen LogP contribution in [0.5, 0.6) is 0 Å². The van der Waals surface area contributed by atoms with Crippen LogP contribution in [0.3, 0.4) is 0 Å². The minimum Gasteiger partial charge on any atom is -0.330 e. The van der Waals surface area contributed by atoms with E-state index in [1.807, 2.05) is 12.1 Å². The first kappa shape index (κ1) is 24.1. The third-order valence-electron chi connectivity index (χ3n) is 5.30. The Morgan fingerprint density at radius 2 is 1.76 bits per heavy atom. The number of hydrogen-bond donors (Lipinski definition) is 1. The Bertz CT molecular complexity index is 871. The normalized spacial score (nSPS) is 18.8. The molecule has 0 aliphatic carbocycles. The molecule has 4 rings (SSSR count). The van der Waals surface area contributed by atoms with Crippen LogP contribution in [0.2, 0.25) is 5.02 Å². The molecule has 1 aromatic heterocycles. The van der Waals surface area contributed by atoms with Gasteiger partial charge in [-0.1, -0.05) is 54.1 Å². The highest BCUT2D eigenvalue weighted by atomic mass is 35.5. The Hall–Kier alpha value is -1.14. The van der Waals surface area contributed by atoms with Gasteiger partial charge in [-0.3, -0.25) is 4.90 Å². The van der Waals surface area contributed by atoms with E-state index in [1.165, 1.54) is 11.1 Å². The van der Waals surface area contributed by atoms with Crippen molar-refractivity contribution in [2.75, 3.05) is 19.6 Å². The van der Waals surface area contributed by atoms with E-state index >= 15 is 0 Å². The molecule has 2 N–H and O–H groups in total. The molecule has 3 aromatic rings. The molecule has 0 radical (unpaired) electrons. The molecule has 1 fully saturated rings. The fourth-order valence-corrected chi connectivity index (χ4v) is 4.86. The van der Waals surface area contributed by atoms with Gasteiger partial charge in [0.05, 0.1) is 10.7 Å². The van der Waals surface area contributed by atoms with E-state index in [0.29, 0.717) is 11.8 Å². The second-order valence-electron chi connectivity index (χ2n) is 7.24. The molecule has 1 saturated heterocycles. The smallest absolute Gasteiger partial charge is 0.0972 e. The number of benzene rings is 2. The van der Waals surface area contributed by atoms with Crippen molar-refractivity contribution in [3.8, 4) is 0 Å². The maximum Gasteiger partial charge on any atom is 0.0972 e. The first-order valence-corrected chi connectivity index (χ1v) is 10.6. The Balaban J connectivity index is 0.00000150. The molecule has 0 unspecified atom stereocenters. The molecule has 2 heterocycles. The van der Waals surface area contributed by atoms with Crippen molar-refractivity contribution in [1.82, 2.24) is 9.88 Å². The first-order valence-electron chi connectivity index (χ1n) is 9.36. The molecular weight excluding hydrogens is 445 g/mol. The second kappa shape index (κ2) is 11.3. The van der Waals surface area contributed by atoms with Gasteiger partial charge in [-0.15, -0.1) is 36.2 Å². The third-order valence-corrected chi connectivity index (χ3v) is 6.45. The van der Waals surface area contributed by atoms with E-state index in [-0.39, 0.29) is 24.8 Å². The molecule has 2 aromatic carbocycles. The monoisotopic (exact) mass is 469 g/mol. The average molecular weight is 471 g/mol. The van der Waals surface area contributed by atoms with Gasteiger partial charge >= 0.3 is 0 Å². The molecule has 7 heteroatoms. The molecule has 1 aliphatic heterocycles. The molecule has 2 atom stereocenters. The summed E-state index contributed by atoms with van der Waals surface area (Å²) in [5.74, 6) is 1.03. The Kier molecular flexibility index (Phi) is 9.41. The molecule has 0 amide bonds. The van der Waals surface area contributed by atoms with Crippen LogP contribution in [0.25, 0.3) is 0 Å². The van der Waals surface area contributed by atoms with Gasteiger partial charge in [-0.05, 0) is 35.7 Å². The molecule has 0 spiro atoms. The zero-order valence-corrected chi connectivity index (χ0v) is 19.2. The van der Waals surface area contributed by atoms with Crippen molar-refractivity contribution in [3.63, 3.8) is 0 Å². The van der Waals surface area contributed by atoms with Crippen molar-refractivity contribution in [2.24, 2.45) is 11.7 Å². The van der Waals surface area contributed by atoms with Gasteiger partial charge in [-0.2, -0.15) is 0 Å². The van der Waals surface area contributed by atoms with Crippen LogP contribution in [0.1, 0.15) is 27.7 Å². The molecule has 3 nitrogen and oxygen atoms in total. The SMILES string of the molecule is Cl.Cl.NC[C@@H]1CN(Cc2csc(Cc3ccc(Cl)cc3)n2)C[C@H]1c1ccccc1. The van der Waals surface area contributed by atoms with E-state index in [0.717, 1.165) is 48.3 Å². The summed E-state index contributed by atoms with van der Waals surface area (Å²) < 4.78 is 0. The number of halogens is 3. The fraction of sp³-hybridized carbons (Fsp3) is 0.318. The Labute approximate surface area is 194 Å². The number of likely N-dealkylation sites (tertiary alicyclic amines) is 1. The largest absolute Gasteiger partial charge is 0.330 e. The number of nitrogens with zero attached hydrogens (tertiary/aromatic N) is 2. The van der Waals surface area contributed by atoms with Crippen molar-refractivity contribution in [2.45, 2.75) is 18.9 Å². The summed E-state index contributed by atoms with van der Waals surface area (Å²) in [6.45, 7) is 3.72. The minimum atomic E-state index is 0. The van der Waals surface area contributed by atoms with E-state index < -0.39 is 0 Å². The van der Waals surface area contributed by atoms with E-state index in [9.17, 15) is 0 Å². The number of thiazole rings is 1. The Morgan fingerprint density at radius 3 is 2.45 bits per heavy atom. The van der Waals surface area contributed by atoms with Crippen molar-refractivity contribution in [3.05, 3.63) is 86.8 Å². The van der Waals surface area contributed by atoms with Crippen molar-refractivity contribution < 1.29 is 0 Å². The second-order valence-corrected chi connectivity index (χ2v) is 8.62. The topological polar surface area (TPSA) is 42.1 Å². The van der Waals surface area contributed by atoms with Crippen LogP contribution in [-0.4, -0.2) is 29.5 Å². The predicted octanol–water partition coefficient (Wildman–Crippen LogP) is 5.41. The van der Waals surface area contributed by atoms with Crippen LogP contribution >= 0.6 is 47.8 Å². The number of hydrogen-bond acceptors (Lipinski definition) is 4. The van der Waals surface area contributed by atoms with E-state index in [4.69, 9.17) is 22.3 Å². The lowest BCUT2D eigenvalue weighted by molar-refractivity contribution is 0.313. The zero-order valence-electron chi connectivity index (χ0n) is 16.0. The van der Waals surface area contributed by atoms with Crippen molar-refractivity contribution >= 4 is 47.8 Å². The minimum absolute atomic E-state index is 0. The fourth-order valence-electron chi connectivity index (χ4n) is 3.92. The molecule has 0 saturated carbocycles. The molecule has 29 heavy (non-hydrogen) atoms. The molecular formula is C22H26Cl3N3S. The van der Waals surface area contributed by atoms with Gasteiger partial charge in [0.15, 0.2) is 0 Å². The lowest BCUT2D eigenvalue weighted by Crippen LogP contribution is -2.23. The van der Waals surface area contributed by atoms with Gasteiger partial charge in [-0.25, -0.2) is 4.98 Å². The van der Waals surface area contributed by atoms with Gasteiger partial charge in [0.1, 0.15) is 0 Å². The number of aromatic nitrogens is 1. The number of nitrogens with two attached hydrogens (primary N) is 1. The average Bonchev–Trinajstić information content (AvgIpc) is 3.31. The maximum absolute atomic E-state index is 6.07. The zero-order chi connectivity index (χ0) is 18.6. The lowest BCUT2D eigenvalue weighted by atomic mass is 9.89. The quantitative estimate of drug-likeness (QED) is 0.524. The summed E-state index contributed by atoms with van der Waals surface area (Å²) in [6.07, 6.45) is 0.861. The summed E-state index contributed by atoms with van der Waals surface area (Å²) in [4.78, 5) is 7.35. The third kappa shape index (κ3) is 6.17. The van der Waals surface area contributed by atoms with Gasteiger partial charge in [0.2, 0.25) is 0 Å². The highest BCUT2D eigenvalue weighted by molar-refractivity contribution is 7.09. The summed E-state index contributed by atoms with van der Waals surface area (Å²) in [5.41, 5.74) is 9.87.